The van der Waals surface area contributed by atoms with Crippen molar-refractivity contribution >= 4 is 0 Å². The van der Waals surface area contributed by atoms with Gasteiger partial charge in [0.1, 0.15) is 18.2 Å². The first-order chi connectivity index (χ1) is 7.54. The molecule has 0 aliphatic rings. The molecule has 0 aliphatic carbocycles. The Hall–Kier alpha value is -1.35. The van der Waals surface area contributed by atoms with Crippen molar-refractivity contribution in [3.63, 3.8) is 0 Å². The Bertz CT molecular complexity index is 376. The van der Waals surface area contributed by atoms with Gasteiger partial charge in [-0.15, -0.1) is 0 Å². The van der Waals surface area contributed by atoms with Crippen molar-refractivity contribution < 1.29 is 9.13 Å². The molecule has 0 bridgehead atoms. The summed E-state index contributed by atoms with van der Waals surface area (Å²) in [4.78, 5) is 0. The number of nitrogens with one attached hydrogen (secondary N) is 1. The van der Waals surface area contributed by atoms with Crippen LogP contribution in [-0.2, 0) is 0 Å². The molecule has 0 saturated carbocycles. The topological polar surface area (TPSA) is 21.3 Å². The highest BCUT2D eigenvalue weighted by Crippen LogP contribution is 2.26. The van der Waals surface area contributed by atoms with E-state index in [-0.39, 0.29) is 11.9 Å². The highest BCUT2D eigenvalue weighted by Gasteiger charge is 2.11. The second-order valence-corrected chi connectivity index (χ2v) is 3.94. The van der Waals surface area contributed by atoms with Gasteiger partial charge in [0.2, 0.25) is 0 Å². The maximum absolute atomic E-state index is 13.1. The van der Waals surface area contributed by atoms with Gasteiger partial charge in [0.05, 0.1) is 0 Å². The van der Waals surface area contributed by atoms with E-state index in [0.717, 1.165) is 11.1 Å². The largest absolute Gasteiger partial charge is 0.489 e. The minimum absolute atomic E-state index is 0.126. The summed E-state index contributed by atoms with van der Waals surface area (Å²) in [6.07, 6.45) is 0. The summed E-state index contributed by atoms with van der Waals surface area (Å²) in [6.45, 7) is 8.04. The number of ether oxygens (including phenoxy) is 1. The molecule has 1 N–H and O–H groups in total. The number of benzene rings is 1. The van der Waals surface area contributed by atoms with Crippen molar-refractivity contribution in [1.82, 2.24) is 5.32 Å². The molecule has 1 aromatic carbocycles. The average Bonchev–Trinajstić information content (AvgIpc) is 2.25. The SMILES string of the molecule is C=C(C)COc1cc(F)ccc1C(C)NC. The molecular weight excluding hydrogens is 205 g/mol. The van der Waals surface area contributed by atoms with E-state index < -0.39 is 0 Å². The zero-order valence-corrected chi connectivity index (χ0v) is 10.0. The van der Waals surface area contributed by atoms with Crippen LogP contribution >= 0.6 is 0 Å². The molecule has 2 nitrogen and oxygen atoms in total. The van der Waals surface area contributed by atoms with Gasteiger partial charge in [-0.3, -0.25) is 0 Å². The van der Waals surface area contributed by atoms with E-state index in [1.54, 1.807) is 6.07 Å². The zero-order valence-electron chi connectivity index (χ0n) is 10.0. The van der Waals surface area contributed by atoms with Gasteiger partial charge in [-0.05, 0) is 32.5 Å². The van der Waals surface area contributed by atoms with Gasteiger partial charge in [0.15, 0.2) is 0 Å². The fourth-order valence-corrected chi connectivity index (χ4v) is 1.35. The molecule has 1 aromatic rings. The van der Waals surface area contributed by atoms with Crippen molar-refractivity contribution in [2.24, 2.45) is 0 Å². The van der Waals surface area contributed by atoms with Crippen LogP contribution in [0.4, 0.5) is 4.39 Å². The molecule has 0 radical (unpaired) electrons. The lowest BCUT2D eigenvalue weighted by Gasteiger charge is -2.16. The van der Waals surface area contributed by atoms with Crippen LogP contribution in [0.1, 0.15) is 25.5 Å². The van der Waals surface area contributed by atoms with E-state index in [1.165, 1.54) is 12.1 Å². The minimum atomic E-state index is -0.288. The predicted molar refractivity (Wildman–Crippen MR) is 64.2 cm³/mol. The monoisotopic (exact) mass is 223 g/mol. The average molecular weight is 223 g/mol. The van der Waals surface area contributed by atoms with E-state index in [1.807, 2.05) is 20.9 Å². The van der Waals surface area contributed by atoms with Crippen LogP contribution in [0, 0.1) is 5.82 Å². The molecule has 1 atom stereocenters. The third-order valence-corrected chi connectivity index (χ3v) is 2.35. The summed E-state index contributed by atoms with van der Waals surface area (Å²) < 4.78 is 18.6. The smallest absolute Gasteiger partial charge is 0.127 e. The number of hydrogen-bond acceptors (Lipinski definition) is 2. The van der Waals surface area contributed by atoms with Crippen LogP contribution in [0.5, 0.6) is 5.75 Å². The number of hydrogen-bond donors (Lipinski definition) is 1. The van der Waals surface area contributed by atoms with Gasteiger partial charge >= 0.3 is 0 Å². The highest BCUT2D eigenvalue weighted by molar-refractivity contribution is 5.36. The lowest BCUT2D eigenvalue weighted by molar-refractivity contribution is 0.343. The van der Waals surface area contributed by atoms with Crippen LogP contribution in [0.25, 0.3) is 0 Å². The molecule has 0 heterocycles. The fourth-order valence-electron chi connectivity index (χ4n) is 1.35. The van der Waals surface area contributed by atoms with Gasteiger partial charge in [0, 0.05) is 17.7 Å². The Morgan fingerprint density at radius 2 is 2.25 bits per heavy atom. The fraction of sp³-hybridized carbons (Fsp3) is 0.385. The summed E-state index contributed by atoms with van der Waals surface area (Å²) in [5.41, 5.74) is 1.86. The molecule has 0 aliphatic heterocycles. The second kappa shape index (κ2) is 5.66. The van der Waals surface area contributed by atoms with Crippen LogP contribution in [0.3, 0.4) is 0 Å². The summed E-state index contributed by atoms with van der Waals surface area (Å²) in [5, 5.41) is 3.10. The van der Waals surface area contributed by atoms with Gasteiger partial charge < -0.3 is 10.1 Å². The van der Waals surface area contributed by atoms with Crippen molar-refractivity contribution in [3.05, 3.63) is 41.7 Å². The van der Waals surface area contributed by atoms with E-state index in [9.17, 15) is 4.39 Å². The Balaban J connectivity index is 2.93. The van der Waals surface area contributed by atoms with Gasteiger partial charge in [-0.25, -0.2) is 4.39 Å². The lowest BCUT2D eigenvalue weighted by atomic mass is 10.1. The predicted octanol–water partition coefficient (Wildman–Crippen LogP) is 3.06. The van der Waals surface area contributed by atoms with Crippen LogP contribution in [0.2, 0.25) is 0 Å². The molecule has 88 valence electrons. The van der Waals surface area contributed by atoms with Crippen molar-refractivity contribution in [2.45, 2.75) is 19.9 Å². The standard InChI is InChI=1S/C13H18FNO/c1-9(2)8-16-13-7-11(14)5-6-12(13)10(3)15-4/h5-7,10,15H,1,8H2,2-4H3. The third-order valence-electron chi connectivity index (χ3n) is 2.35. The van der Waals surface area contributed by atoms with E-state index in [4.69, 9.17) is 4.74 Å². The Labute approximate surface area is 96.1 Å². The molecule has 0 saturated heterocycles. The quantitative estimate of drug-likeness (QED) is 0.775. The Kier molecular flexibility index (Phi) is 4.50. The Morgan fingerprint density at radius 1 is 1.56 bits per heavy atom. The molecule has 0 aromatic heterocycles. The molecule has 0 spiro atoms. The van der Waals surface area contributed by atoms with E-state index >= 15 is 0 Å². The Morgan fingerprint density at radius 3 is 2.81 bits per heavy atom. The maximum Gasteiger partial charge on any atom is 0.127 e. The molecule has 0 fully saturated rings. The van der Waals surface area contributed by atoms with E-state index in [2.05, 4.69) is 11.9 Å². The number of halogens is 1. The molecule has 3 heteroatoms. The van der Waals surface area contributed by atoms with E-state index in [0.29, 0.717) is 12.4 Å². The summed E-state index contributed by atoms with van der Waals surface area (Å²) in [6, 6.07) is 4.72. The molecule has 0 amide bonds. The normalized spacial score (nSPS) is 12.2. The first-order valence-electron chi connectivity index (χ1n) is 5.28. The van der Waals surface area contributed by atoms with Crippen molar-refractivity contribution in [2.75, 3.05) is 13.7 Å². The molecular formula is C13H18FNO. The van der Waals surface area contributed by atoms with Crippen molar-refractivity contribution in [1.29, 1.82) is 0 Å². The maximum atomic E-state index is 13.1. The summed E-state index contributed by atoms with van der Waals surface area (Å²) in [7, 11) is 1.86. The highest BCUT2D eigenvalue weighted by atomic mass is 19.1. The third kappa shape index (κ3) is 3.35. The molecule has 1 unspecified atom stereocenters. The van der Waals surface area contributed by atoms with Crippen LogP contribution < -0.4 is 10.1 Å². The lowest BCUT2D eigenvalue weighted by Crippen LogP contribution is -2.14. The minimum Gasteiger partial charge on any atom is -0.489 e. The van der Waals surface area contributed by atoms with Gasteiger partial charge in [0.25, 0.3) is 0 Å². The number of rotatable bonds is 5. The molecule has 16 heavy (non-hydrogen) atoms. The molecule has 1 rings (SSSR count). The van der Waals surface area contributed by atoms with Gasteiger partial charge in [-0.1, -0.05) is 12.6 Å². The van der Waals surface area contributed by atoms with Gasteiger partial charge in [-0.2, -0.15) is 0 Å². The summed E-state index contributed by atoms with van der Waals surface area (Å²) in [5.74, 6) is 0.286. The van der Waals surface area contributed by atoms with Crippen molar-refractivity contribution in [3.8, 4) is 5.75 Å². The second-order valence-electron chi connectivity index (χ2n) is 3.94. The first-order valence-corrected chi connectivity index (χ1v) is 5.28. The van der Waals surface area contributed by atoms with Crippen LogP contribution in [-0.4, -0.2) is 13.7 Å². The first kappa shape index (κ1) is 12.7. The van der Waals surface area contributed by atoms with Crippen LogP contribution in [0.15, 0.2) is 30.4 Å². The zero-order chi connectivity index (χ0) is 12.1. The summed E-state index contributed by atoms with van der Waals surface area (Å²) >= 11 is 0.